The van der Waals surface area contributed by atoms with E-state index in [4.69, 9.17) is 5.73 Å². The third-order valence-corrected chi connectivity index (χ3v) is 9.00. The van der Waals surface area contributed by atoms with Crippen LogP contribution in [-0.4, -0.2) is 32.2 Å². The molecule has 0 aromatic heterocycles. The van der Waals surface area contributed by atoms with Crippen LogP contribution >= 0.6 is 0 Å². The Labute approximate surface area is 159 Å². The van der Waals surface area contributed by atoms with E-state index in [0.717, 1.165) is 0 Å². The van der Waals surface area contributed by atoms with Gasteiger partial charge in [-0.1, -0.05) is 6.07 Å². The van der Waals surface area contributed by atoms with Gasteiger partial charge in [0, 0.05) is 17.7 Å². The van der Waals surface area contributed by atoms with Crippen molar-refractivity contribution >= 4 is 27.0 Å². The lowest BCUT2D eigenvalue weighted by Gasteiger charge is -2.41. The molecule has 0 spiro atoms. The molecule has 1 saturated carbocycles. The van der Waals surface area contributed by atoms with Gasteiger partial charge in [0.15, 0.2) is 5.78 Å². The molecular weight excluding hydrogens is 365 g/mol. The molecular formula is C20H24FN3O2S. The first kappa shape index (κ1) is 19.6. The second-order valence-corrected chi connectivity index (χ2v) is 11.3. The molecule has 0 radical (unpaired) electrons. The fourth-order valence-electron chi connectivity index (χ4n) is 3.42. The summed E-state index contributed by atoms with van der Waals surface area (Å²) in [5, 5.41) is 9.18. The van der Waals surface area contributed by atoms with E-state index >= 15 is 0 Å². The number of hydrogen-bond acceptors (Lipinski definition) is 5. The van der Waals surface area contributed by atoms with Crippen molar-refractivity contribution in [3.8, 4) is 6.07 Å². The van der Waals surface area contributed by atoms with E-state index in [1.807, 2.05) is 0 Å². The Hall–Kier alpha value is -2.20. The zero-order chi connectivity index (χ0) is 20.3. The van der Waals surface area contributed by atoms with Crippen molar-refractivity contribution in [1.29, 1.82) is 5.26 Å². The third kappa shape index (κ3) is 3.06. The van der Waals surface area contributed by atoms with Gasteiger partial charge in [-0.15, -0.1) is 0 Å². The van der Waals surface area contributed by atoms with Gasteiger partial charge in [0.2, 0.25) is 0 Å². The van der Waals surface area contributed by atoms with Gasteiger partial charge < -0.3 is 5.73 Å². The number of Topliss-reactive ketones (excluding diaryl/α,β-unsaturated/α-hetero) is 1. The number of benzene rings is 1. The molecule has 2 N–H and O–H groups in total. The monoisotopic (exact) mass is 389 g/mol. The maximum atomic E-state index is 14.7. The number of amidine groups is 1. The quantitative estimate of drug-likeness (QED) is 0.799. The molecule has 2 aliphatic rings. The van der Waals surface area contributed by atoms with E-state index < -0.39 is 31.0 Å². The maximum absolute atomic E-state index is 14.7. The molecule has 1 fully saturated rings. The molecule has 27 heavy (non-hydrogen) atoms. The maximum Gasteiger partial charge on any atom is 0.157 e. The molecule has 1 aliphatic heterocycles. The van der Waals surface area contributed by atoms with Crippen molar-refractivity contribution < 1.29 is 13.4 Å². The number of nitrogens with zero attached hydrogens (tertiary/aromatic N) is 2. The van der Waals surface area contributed by atoms with E-state index in [-0.39, 0.29) is 29.4 Å². The number of carbonyl (C=O) groups excluding carboxylic acids is 1. The van der Waals surface area contributed by atoms with Crippen LogP contribution in [0, 0.1) is 22.6 Å². The first-order valence-corrected chi connectivity index (χ1v) is 10.7. The first-order valence-electron chi connectivity index (χ1n) is 8.81. The number of hydrogen-bond donors (Lipinski definition) is 1. The molecule has 144 valence electrons. The van der Waals surface area contributed by atoms with Gasteiger partial charge in [-0.3, -0.25) is 14.0 Å². The lowest BCUT2D eigenvalue weighted by atomic mass is 9.89. The zero-order valence-corrected chi connectivity index (χ0v) is 16.7. The molecule has 1 aromatic rings. The van der Waals surface area contributed by atoms with Crippen LogP contribution in [-0.2, 0) is 26.3 Å². The summed E-state index contributed by atoms with van der Waals surface area (Å²) < 4.78 is 26.9. The third-order valence-electron chi connectivity index (χ3n) is 5.90. The number of ketones is 1. The molecule has 0 bridgehead atoms. The topological polar surface area (TPSA) is 96.3 Å². The van der Waals surface area contributed by atoms with Crippen molar-refractivity contribution in [2.75, 3.05) is 5.75 Å². The Morgan fingerprint density at radius 3 is 2.56 bits per heavy atom. The number of carbonyl (C=O) groups is 1. The highest BCUT2D eigenvalue weighted by molar-refractivity contribution is 8.02. The highest BCUT2D eigenvalue weighted by Crippen LogP contribution is 2.46. The minimum atomic E-state index is -2.67. The Kier molecular flexibility index (Phi) is 4.27. The smallest absolute Gasteiger partial charge is 0.157 e. The lowest BCUT2D eigenvalue weighted by molar-refractivity contribution is -0.121. The average molecular weight is 389 g/mol. The summed E-state index contributed by atoms with van der Waals surface area (Å²) in [6.07, 6.45) is 1.21. The highest BCUT2D eigenvalue weighted by atomic mass is 32.2. The van der Waals surface area contributed by atoms with Crippen LogP contribution in [0.25, 0.3) is 0 Å². The molecule has 1 aromatic carbocycles. The second kappa shape index (κ2) is 5.90. The van der Waals surface area contributed by atoms with Crippen LogP contribution in [0.1, 0.15) is 44.7 Å². The summed E-state index contributed by atoms with van der Waals surface area (Å²) >= 11 is 0. The van der Waals surface area contributed by atoms with Crippen LogP contribution < -0.4 is 5.73 Å². The Bertz CT molecular complexity index is 1000. The Morgan fingerprint density at radius 2 is 2.04 bits per heavy atom. The molecule has 1 unspecified atom stereocenters. The number of aliphatic imine (C=N–C) groups is 1. The standard InChI is InChI=1S/C20H24FN3O2S/c1-18(2)17(23)24-19(3,12-27(18,4)26)14-9-13(5-6-15(14)21)10-16(25)20(11-22)7-8-20/h5-6,9H,4,7-8,10,12H2,1-3H3,(H2,23,24)/t19-,27?/m0/s1. The molecule has 2 atom stereocenters. The molecule has 3 rings (SSSR count). The van der Waals surface area contributed by atoms with E-state index in [9.17, 15) is 18.7 Å². The van der Waals surface area contributed by atoms with Gasteiger partial charge in [-0.25, -0.2) is 4.39 Å². The number of nitriles is 1. The van der Waals surface area contributed by atoms with E-state index in [1.165, 1.54) is 12.1 Å². The van der Waals surface area contributed by atoms with E-state index in [1.54, 1.807) is 26.8 Å². The van der Waals surface area contributed by atoms with Crippen molar-refractivity contribution in [3.63, 3.8) is 0 Å². The Morgan fingerprint density at radius 1 is 1.41 bits per heavy atom. The van der Waals surface area contributed by atoms with Gasteiger partial charge >= 0.3 is 0 Å². The van der Waals surface area contributed by atoms with Gasteiger partial charge in [0.25, 0.3) is 0 Å². The molecule has 1 heterocycles. The SMILES string of the molecule is C=S1(=O)C[C@@](C)(c2cc(CC(=O)C3(C#N)CC3)ccc2F)N=C(N)C1(C)C. The molecule has 0 saturated heterocycles. The largest absolute Gasteiger partial charge is 0.386 e. The first-order chi connectivity index (χ1) is 12.4. The van der Waals surface area contributed by atoms with Crippen LogP contribution in [0.3, 0.4) is 0 Å². The predicted molar refractivity (Wildman–Crippen MR) is 106 cm³/mol. The summed E-state index contributed by atoms with van der Waals surface area (Å²) in [4.78, 5) is 16.9. The van der Waals surface area contributed by atoms with E-state index in [0.29, 0.717) is 18.4 Å². The number of halogens is 1. The Balaban J connectivity index is 2.01. The summed E-state index contributed by atoms with van der Waals surface area (Å²) in [6.45, 7) is 5.13. The average Bonchev–Trinajstić information content (AvgIpc) is 3.35. The number of nitrogens with two attached hydrogens (primary N) is 1. The minimum Gasteiger partial charge on any atom is -0.386 e. The van der Waals surface area contributed by atoms with E-state index in [2.05, 4.69) is 16.9 Å². The van der Waals surface area contributed by atoms with Crippen LogP contribution in [0.2, 0.25) is 0 Å². The summed E-state index contributed by atoms with van der Waals surface area (Å²) in [6, 6.07) is 6.48. The highest BCUT2D eigenvalue weighted by Gasteiger charge is 2.50. The summed E-state index contributed by atoms with van der Waals surface area (Å²) in [5.74, 6) is 3.45. The summed E-state index contributed by atoms with van der Waals surface area (Å²) in [5.41, 5.74) is 4.91. The lowest BCUT2D eigenvalue weighted by Crippen LogP contribution is -2.54. The number of rotatable bonds is 4. The molecule has 1 aliphatic carbocycles. The normalized spacial score (nSPS) is 30.9. The van der Waals surface area contributed by atoms with Crippen LogP contribution in [0.4, 0.5) is 4.39 Å². The van der Waals surface area contributed by atoms with Gasteiger partial charge in [-0.05, 0) is 66.7 Å². The van der Waals surface area contributed by atoms with Crippen LogP contribution in [0.15, 0.2) is 23.2 Å². The second-order valence-electron chi connectivity index (χ2n) is 8.35. The fraction of sp³-hybridized carbons (Fsp3) is 0.500. The predicted octanol–water partition coefficient (Wildman–Crippen LogP) is 2.32. The molecule has 5 nitrogen and oxygen atoms in total. The van der Waals surface area contributed by atoms with Gasteiger partial charge in [0.1, 0.15) is 17.1 Å². The molecule has 7 heteroatoms. The van der Waals surface area contributed by atoms with Gasteiger partial charge in [-0.2, -0.15) is 5.26 Å². The van der Waals surface area contributed by atoms with Crippen molar-refractivity contribution in [2.45, 2.75) is 50.3 Å². The molecule has 0 amide bonds. The van der Waals surface area contributed by atoms with Crippen molar-refractivity contribution in [3.05, 3.63) is 35.1 Å². The minimum absolute atomic E-state index is 0.0569. The van der Waals surface area contributed by atoms with Crippen molar-refractivity contribution in [1.82, 2.24) is 0 Å². The van der Waals surface area contributed by atoms with Crippen molar-refractivity contribution in [2.24, 2.45) is 16.1 Å². The van der Waals surface area contributed by atoms with Gasteiger partial charge in [0.05, 0.1) is 16.4 Å². The zero-order valence-electron chi connectivity index (χ0n) is 15.8. The van der Waals surface area contributed by atoms with Crippen LogP contribution in [0.5, 0.6) is 0 Å². The summed E-state index contributed by atoms with van der Waals surface area (Å²) in [7, 11) is -2.67. The fourth-order valence-corrected chi connectivity index (χ4v) is 5.34.